The molecule has 5 N–H and O–H groups in total. The molecule has 1 aliphatic heterocycles. The Bertz CT molecular complexity index is 2060. The predicted molar refractivity (Wildman–Crippen MR) is 239 cm³/mol. The number of Topliss-reactive ketones (excluding diaryl/α,β-unsaturated/α-hetero) is 1. The SMILES string of the molecule is Cc1ccc(S(=O)(=O)OCC(C)(O)C(=O)C(CC(C)C)NC(=O)[C@H](Cc2ccccc2)NC(=O)[C@H](CC(C)C)NC(=O)[C@H](CCc2ccccc2)NC(=O)CN2CCOCC2)cc1. The van der Waals surface area contributed by atoms with Gasteiger partial charge in [0.25, 0.3) is 10.1 Å². The Labute approximate surface area is 372 Å². The zero-order valence-corrected chi connectivity index (χ0v) is 38.1. The van der Waals surface area contributed by atoms with E-state index in [4.69, 9.17) is 8.92 Å². The summed E-state index contributed by atoms with van der Waals surface area (Å²) in [4.78, 5) is 71.7. The highest BCUT2D eigenvalue weighted by Crippen LogP contribution is 2.20. The van der Waals surface area contributed by atoms with Gasteiger partial charge >= 0.3 is 0 Å². The van der Waals surface area contributed by atoms with Gasteiger partial charge in [0.1, 0.15) is 30.3 Å². The van der Waals surface area contributed by atoms with E-state index in [2.05, 4.69) is 21.3 Å². The molecule has 2 unspecified atom stereocenters. The van der Waals surface area contributed by atoms with Crippen LogP contribution in [0.2, 0.25) is 0 Å². The normalized spacial score (nSPS) is 16.3. The van der Waals surface area contributed by atoms with Crippen LogP contribution in [-0.2, 0) is 55.9 Å². The Morgan fingerprint density at radius 2 is 1.22 bits per heavy atom. The summed E-state index contributed by atoms with van der Waals surface area (Å²) in [6.07, 6.45) is 1.03. The minimum Gasteiger partial charge on any atom is -0.380 e. The van der Waals surface area contributed by atoms with Crippen molar-refractivity contribution in [2.75, 3.05) is 39.5 Å². The van der Waals surface area contributed by atoms with Crippen LogP contribution in [0.5, 0.6) is 0 Å². The van der Waals surface area contributed by atoms with E-state index in [1.54, 1.807) is 49.4 Å². The van der Waals surface area contributed by atoms with E-state index in [1.807, 2.05) is 62.9 Å². The average molecular weight is 892 g/mol. The summed E-state index contributed by atoms with van der Waals surface area (Å²) in [7, 11) is -4.34. The molecular formula is C47H65N5O10S. The molecule has 1 heterocycles. The lowest BCUT2D eigenvalue weighted by molar-refractivity contribution is -0.143. The number of benzene rings is 3. The van der Waals surface area contributed by atoms with Gasteiger partial charge in [-0.25, -0.2) is 0 Å². The number of ketones is 1. The molecule has 0 saturated carbocycles. The summed E-state index contributed by atoms with van der Waals surface area (Å²) in [6.45, 7) is 11.7. The molecule has 3 aromatic carbocycles. The second-order valence-electron chi connectivity index (χ2n) is 17.3. The standard InChI is InChI=1S/C47H65N5O10S/c1-32(2)27-39(43(54)47(6,58)31-62-63(59,60)37-20-17-34(5)18-21-37)49-46(57)41(29-36-15-11-8-12-16-36)51-45(56)40(28-33(3)4)50-44(55)38(22-19-35-13-9-7-10-14-35)48-42(53)30-52-23-25-61-26-24-52/h7-18,20-21,32-33,38-41,58H,19,22-31H2,1-6H3,(H,48,53)(H,49,57)(H,50,55)(H,51,56)/t38-,39?,40-,41-,47?/m0/s1. The van der Waals surface area contributed by atoms with Crippen LogP contribution < -0.4 is 21.3 Å². The first-order valence-electron chi connectivity index (χ1n) is 21.6. The molecule has 0 aliphatic carbocycles. The second-order valence-corrected chi connectivity index (χ2v) is 18.9. The molecule has 0 aromatic heterocycles. The molecule has 3 aromatic rings. The van der Waals surface area contributed by atoms with E-state index in [0.29, 0.717) is 38.3 Å². The number of amides is 4. The van der Waals surface area contributed by atoms with Gasteiger partial charge in [0.15, 0.2) is 5.78 Å². The van der Waals surface area contributed by atoms with Crippen LogP contribution in [0.25, 0.3) is 0 Å². The molecule has 344 valence electrons. The Kier molecular flexibility index (Phi) is 19.4. The lowest BCUT2D eigenvalue weighted by atomic mass is 9.90. The van der Waals surface area contributed by atoms with Crippen molar-refractivity contribution in [3.05, 3.63) is 102 Å². The number of nitrogens with one attached hydrogen (secondary N) is 4. The van der Waals surface area contributed by atoms with Crippen LogP contribution in [0, 0.1) is 18.8 Å². The highest BCUT2D eigenvalue weighted by molar-refractivity contribution is 7.86. The fraction of sp³-hybridized carbons (Fsp3) is 0.511. The second kappa shape index (κ2) is 24.2. The molecule has 4 rings (SSSR count). The molecular weight excluding hydrogens is 827 g/mol. The molecule has 1 fully saturated rings. The van der Waals surface area contributed by atoms with Gasteiger partial charge in [-0.05, 0) is 74.6 Å². The third kappa shape index (κ3) is 16.9. The molecule has 0 radical (unpaired) electrons. The van der Waals surface area contributed by atoms with Crippen molar-refractivity contribution < 1.29 is 46.4 Å². The number of aryl methyl sites for hydroxylation is 2. The van der Waals surface area contributed by atoms with Gasteiger partial charge in [0.2, 0.25) is 23.6 Å². The first kappa shape index (κ1) is 50.6. The van der Waals surface area contributed by atoms with Gasteiger partial charge in [-0.2, -0.15) is 8.42 Å². The smallest absolute Gasteiger partial charge is 0.297 e. The number of morpholine rings is 1. The van der Waals surface area contributed by atoms with Gasteiger partial charge in [0, 0.05) is 19.5 Å². The van der Waals surface area contributed by atoms with Crippen LogP contribution in [-0.4, -0.2) is 117 Å². The first-order chi connectivity index (χ1) is 29.8. The molecule has 1 aliphatic rings. The summed E-state index contributed by atoms with van der Waals surface area (Å²) in [6, 6.07) is 19.7. The Morgan fingerprint density at radius 1 is 0.714 bits per heavy atom. The maximum Gasteiger partial charge on any atom is 0.297 e. The van der Waals surface area contributed by atoms with E-state index >= 15 is 0 Å². The summed E-state index contributed by atoms with van der Waals surface area (Å²) in [5.41, 5.74) is 0.151. The Balaban J connectivity index is 1.54. The number of rotatable bonds is 24. The topological polar surface area (TPSA) is 210 Å². The molecule has 16 heteroatoms. The quantitative estimate of drug-likeness (QED) is 0.0825. The average Bonchev–Trinajstić information content (AvgIpc) is 3.24. The van der Waals surface area contributed by atoms with Crippen molar-refractivity contribution in [2.45, 2.75) is 108 Å². The number of carbonyl (C=O) groups excluding carboxylic acids is 5. The zero-order chi connectivity index (χ0) is 46.2. The number of hydrogen-bond donors (Lipinski definition) is 5. The lowest BCUT2D eigenvalue weighted by Gasteiger charge is -2.30. The van der Waals surface area contributed by atoms with Gasteiger partial charge < -0.3 is 31.1 Å². The van der Waals surface area contributed by atoms with Crippen LogP contribution >= 0.6 is 0 Å². The molecule has 0 spiro atoms. The lowest BCUT2D eigenvalue weighted by Crippen LogP contribution is -2.60. The van der Waals surface area contributed by atoms with Gasteiger partial charge in [0.05, 0.1) is 30.7 Å². The van der Waals surface area contributed by atoms with Crippen molar-refractivity contribution in [2.24, 2.45) is 11.8 Å². The molecule has 5 atom stereocenters. The fourth-order valence-electron chi connectivity index (χ4n) is 7.12. The summed E-state index contributed by atoms with van der Waals surface area (Å²) in [5.74, 6) is -3.39. The van der Waals surface area contributed by atoms with Crippen molar-refractivity contribution in [1.82, 2.24) is 26.2 Å². The number of aliphatic hydroxyl groups is 1. The van der Waals surface area contributed by atoms with E-state index in [1.165, 1.54) is 12.1 Å². The molecule has 1 saturated heterocycles. The van der Waals surface area contributed by atoms with Gasteiger partial charge in [-0.15, -0.1) is 0 Å². The summed E-state index contributed by atoms with van der Waals surface area (Å²) >= 11 is 0. The minimum absolute atomic E-state index is 0.00887. The molecule has 0 bridgehead atoms. The number of carbonyl (C=O) groups is 5. The number of nitrogens with zero attached hydrogens (tertiary/aromatic N) is 1. The Hall–Kier alpha value is -5.00. The first-order valence-corrected chi connectivity index (χ1v) is 23.0. The largest absolute Gasteiger partial charge is 0.380 e. The van der Waals surface area contributed by atoms with E-state index < -0.39 is 70.0 Å². The van der Waals surface area contributed by atoms with E-state index in [9.17, 15) is 37.5 Å². The minimum atomic E-state index is -4.34. The van der Waals surface area contributed by atoms with Crippen molar-refractivity contribution in [1.29, 1.82) is 0 Å². The van der Waals surface area contributed by atoms with Crippen molar-refractivity contribution in [3.8, 4) is 0 Å². The molecule has 15 nitrogen and oxygen atoms in total. The fourth-order valence-corrected chi connectivity index (χ4v) is 8.11. The Morgan fingerprint density at radius 3 is 1.81 bits per heavy atom. The van der Waals surface area contributed by atoms with E-state index in [-0.39, 0.29) is 54.9 Å². The van der Waals surface area contributed by atoms with Crippen LogP contribution in [0.4, 0.5) is 0 Å². The summed E-state index contributed by atoms with van der Waals surface area (Å²) in [5, 5.41) is 22.6. The van der Waals surface area contributed by atoms with Gasteiger partial charge in [-0.3, -0.25) is 33.1 Å². The predicted octanol–water partition coefficient (Wildman–Crippen LogP) is 3.26. The number of hydrogen-bond acceptors (Lipinski definition) is 11. The maximum absolute atomic E-state index is 14.3. The van der Waals surface area contributed by atoms with Crippen molar-refractivity contribution in [3.63, 3.8) is 0 Å². The third-order valence-electron chi connectivity index (χ3n) is 10.6. The summed E-state index contributed by atoms with van der Waals surface area (Å²) < 4.78 is 36.4. The molecule has 4 amide bonds. The zero-order valence-electron chi connectivity index (χ0n) is 37.3. The van der Waals surface area contributed by atoms with Crippen LogP contribution in [0.1, 0.15) is 70.6 Å². The molecule has 63 heavy (non-hydrogen) atoms. The maximum atomic E-state index is 14.3. The van der Waals surface area contributed by atoms with Crippen LogP contribution in [0.15, 0.2) is 89.8 Å². The van der Waals surface area contributed by atoms with Gasteiger partial charge in [-0.1, -0.05) is 106 Å². The highest BCUT2D eigenvalue weighted by atomic mass is 32.2. The van der Waals surface area contributed by atoms with Crippen LogP contribution in [0.3, 0.4) is 0 Å². The van der Waals surface area contributed by atoms with Crippen molar-refractivity contribution >= 4 is 39.5 Å². The third-order valence-corrected chi connectivity index (χ3v) is 11.9. The monoisotopic (exact) mass is 891 g/mol. The highest BCUT2D eigenvalue weighted by Gasteiger charge is 2.40. The van der Waals surface area contributed by atoms with E-state index in [0.717, 1.165) is 18.1 Å². The number of ether oxygens (including phenoxy) is 1.